The molecule has 0 N–H and O–H groups in total. The largest absolute Gasteiger partial charge is 0.313 e. The van der Waals surface area contributed by atoms with Gasteiger partial charge in [0, 0.05) is 12.3 Å². The highest BCUT2D eigenvalue weighted by molar-refractivity contribution is 4.92. The Labute approximate surface area is 76.0 Å². The molecular weight excluding hydrogens is 146 g/mol. The lowest BCUT2D eigenvalue weighted by Gasteiger charge is -2.29. The molecule has 0 radical (unpaired) electrons. The normalized spacial score (nSPS) is 36.4. The predicted molar refractivity (Wildman–Crippen MR) is 51.7 cm³/mol. The first-order chi connectivity index (χ1) is 5.65. The average Bonchev–Trinajstić information content (AvgIpc) is 2.03. The van der Waals surface area contributed by atoms with Gasteiger partial charge in [-0.15, -0.1) is 0 Å². The van der Waals surface area contributed by atoms with E-state index >= 15 is 0 Å². The summed E-state index contributed by atoms with van der Waals surface area (Å²) in [4.78, 5) is 3.75. The molecule has 0 amide bonds. The summed E-state index contributed by atoms with van der Waals surface area (Å²) in [5, 5.41) is 0. The zero-order chi connectivity index (χ0) is 9.14. The molecule has 0 aliphatic heterocycles. The zero-order valence-corrected chi connectivity index (χ0v) is 8.38. The van der Waals surface area contributed by atoms with E-state index in [0.717, 1.165) is 12.3 Å². The number of hydrogen-bond acceptors (Lipinski definition) is 0. The standard InChI is InChI=1S/C11H19N/c1-8(2)10-6-5-9(3)7-11(10)12-4/h8-11H,5-7H2,1-3H3/t9-,10+,11?/m1/s1. The van der Waals surface area contributed by atoms with E-state index in [1.54, 1.807) is 0 Å². The smallest absolute Gasteiger partial charge is 0.227 e. The van der Waals surface area contributed by atoms with Gasteiger partial charge in [0.2, 0.25) is 6.04 Å². The lowest BCUT2D eigenvalue weighted by atomic mass is 9.74. The summed E-state index contributed by atoms with van der Waals surface area (Å²) in [7, 11) is 0. The molecule has 12 heavy (non-hydrogen) atoms. The van der Waals surface area contributed by atoms with Gasteiger partial charge in [-0.3, -0.25) is 0 Å². The van der Waals surface area contributed by atoms with Crippen molar-refractivity contribution in [2.45, 2.75) is 46.1 Å². The molecule has 3 atom stereocenters. The summed E-state index contributed by atoms with van der Waals surface area (Å²) in [6.45, 7) is 13.9. The van der Waals surface area contributed by atoms with Crippen molar-refractivity contribution in [1.29, 1.82) is 0 Å². The second kappa shape index (κ2) is 3.94. The third-order valence-electron chi connectivity index (χ3n) is 3.15. The van der Waals surface area contributed by atoms with Crippen molar-refractivity contribution in [3.05, 3.63) is 11.4 Å². The van der Waals surface area contributed by atoms with E-state index in [0.29, 0.717) is 17.9 Å². The molecule has 1 heteroatoms. The molecule has 0 aromatic carbocycles. The van der Waals surface area contributed by atoms with E-state index < -0.39 is 0 Å². The van der Waals surface area contributed by atoms with E-state index in [9.17, 15) is 0 Å². The van der Waals surface area contributed by atoms with Crippen LogP contribution >= 0.6 is 0 Å². The summed E-state index contributed by atoms with van der Waals surface area (Å²) < 4.78 is 0. The van der Waals surface area contributed by atoms with Crippen molar-refractivity contribution in [2.75, 3.05) is 0 Å². The van der Waals surface area contributed by atoms with Gasteiger partial charge < -0.3 is 4.85 Å². The third kappa shape index (κ3) is 2.00. The Morgan fingerprint density at radius 2 is 2.00 bits per heavy atom. The molecule has 1 fully saturated rings. The second-order valence-corrected chi connectivity index (χ2v) is 4.52. The highest BCUT2D eigenvalue weighted by Crippen LogP contribution is 2.35. The Hall–Kier alpha value is -0.510. The molecule has 1 rings (SSSR count). The minimum Gasteiger partial charge on any atom is -0.313 e. The molecule has 0 saturated heterocycles. The molecule has 1 aliphatic carbocycles. The Balaban J connectivity index is 2.58. The van der Waals surface area contributed by atoms with E-state index in [-0.39, 0.29) is 0 Å². The SMILES string of the molecule is [C-]#[N+]C1C[C@H](C)CC[C@H]1C(C)C. The van der Waals surface area contributed by atoms with E-state index in [1.807, 2.05) is 0 Å². The van der Waals surface area contributed by atoms with Crippen LogP contribution in [0, 0.1) is 24.3 Å². The van der Waals surface area contributed by atoms with Crippen LogP contribution in [0.15, 0.2) is 0 Å². The molecule has 68 valence electrons. The highest BCUT2D eigenvalue weighted by atomic mass is 14.7. The van der Waals surface area contributed by atoms with Crippen LogP contribution in [0.4, 0.5) is 0 Å². The fourth-order valence-corrected chi connectivity index (χ4v) is 2.30. The van der Waals surface area contributed by atoms with Crippen LogP contribution in [-0.4, -0.2) is 6.04 Å². The van der Waals surface area contributed by atoms with Crippen LogP contribution in [0.5, 0.6) is 0 Å². The molecular formula is C11H19N. The minimum atomic E-state index is 0.314. The molecule has 0 bridgehead atoms. The maximum Gasteiger partial charge on any atom is 0.227 e. The Morgan fingerprint density at radius 1 is 1.33 bits per heavy atom. The predicted octanol–water partition coefficient (Wildman–Crippen LogP) is 3.37. The molecule has 1 saturated carbocycles. The van der Waals surface area contributed by atoms with Crippen LogP contribution in [-0.2, 0) is 0 Å². The fourth-order valence-electron chi connectivity index (χ4n) is 2.30. The molecule has 0 spiro atoms. The first-order valence-corrected chi connectivity index (χ1v) is 5.01. The van der Waals surface area contributed by atoms with E-state index in [1.165, 1.54) is 12.8 Å². The van der Waals surface area contributed by atoms with Crippen LogP contribution in [0.2, 0.25) is 0 Å². The van der Waals surface area contributed by atoms with Crippen LogP contribution in [0.25, 0.3) is 4.85 Å². The number of nitrogens with zero attached hydrogens (tertiary/aromatic N) is 1. The van der Waals surface area contributed by atoms with Crippen molar-refractivity contribution in [3.8, 4) is 0 Å². The Bertz CT molecular complexity index is 178. The number of rotatable bonds is 1. The average molecular weight is 165 g/mol. The topological polar surface area (TPSA) is 4.36 Å². The summed E-state index contributed by atoms with van der Waals surface area (Å²) >= 11 is 0. The van der Waals surface area contributed by atoms with Gasteiger partial charge in [0.15, 0.2) is 0 Å². The lowest BCUT2D eigenvalue weighted by Crippen LogP contribution is -2.29. The van der Waals surface area contributed by atoms with Crippen LogP contribution in [0.3, 0.4) is 0 Å². The highest BCUT2D eigenvalue weighted by Gasteiger charge is 2.34. The third-order valence-corrected chi connectivity index (χ3v) is 3.15. The van der Waals surface area contributed by atoms with Gasteiger partial charge in [0.05, 0.1) is 0 Å². The van der Waals surface area contributed by atoms with Gasteiger partial charge in [0.1, 0.15) is 0 Å². The minimum absolute atomic E-state index is 0.314. The molecule has 0 heterocycles. The van der Waals surface area contributed by atoms with Crippen LogP contribution < -0.4 is 0 Å². The maximum atomic E-state index is 7.14. The second-order valence-electron chi connectivity index (χ2n) is 4.52. The van der Waals surface area contributed by atoms with Gasteiger partial charge in [-0.1, -0.05) is 20.8 Å². The van der Waals surface area contributed by atoms with Gasteiger partial charge >= 0.3 is 0 Å². The molecule has 1 aliphatic rings. The van der Waals surface area contributed by atoms with Gasteiger partial charge in [-0.05, 0) is 24.7 Å². The molecule has 1 nitrogen and oxygen atoms in total. The molecule has 1 unspecified atom stereocenters. The molecule has 0 aromatic heterocycles. The summed E-state index contributed by atoms with van der Waals surface area (Å²) in [6, 6.07) is 0.314. The summed E-state index contributed by atoms with van der Waals surface area (Å²) in [5.74, 6) is 2.13. The van der Waals surface area contributed by atoms with Crippen LogP contribution in [0.1, 0.15) is 40.0 Å². The van der Waals surface area contributed by atoms with Gasteiger partial charge in [-0.25, -0.2) is 6.57 Å². The quantitative estimate of drug-likeness (QED) is 0.525. The van der Waals surface area contributed by atoms with Crippen molar-refractivity contribution in [2.24, 2.45) is 17.8 Å². The first kappa shape index (κ1) is 9.58. The zero-order valence-electron chi connectivity index (χ0n) is 8.38. The maximum absolute atomic E-state index is 7.14. The Kier molecular flexibility index (Phi) is 3.14. The lowest BCUT2D eigenvalue weighted by molar-refractivity contribution is 0.221. The van der Waals surface area contributed by atoms with E-state index in [4.69, 9.17) is 6.57 Å². The van der Waals surface area contributed by atoms with Crippen molar-refractivity contribution >= 4 is 0 Å². The van der Waals surface area contributed by atoms with Crippen molar-refractivity contribution in [3.63, 3.8) is 0 Å². The van der Waals surface area contributed by atoms with E-state index in [2.05, 4.69) is 25.6 Å². The Morgan fingerprint density at radius 3 is 2.50 bits per heavy atom. The number of hydrogen-bond donors (Lipinski definition) is 0. The van der Waals surface area contributed by atoms with Crippen molar-refractivity contribution in [1.82, 2.24) is 0 Å². The monoisotopic (exact) mass is 165 g/mol. The van der Waals surface area contributed by atoms with Gasteiger partial charge in [-0.2, -0.15) is 0 Å². The summed E-state index contributed by atoms with van der Waals surface area (Å²) in [6.07, 6.45) is 3.73. The summed E-state index contributed by atoms with van der Waals surface area (Å²) in [5.41, 5.74) is 0. The van der Waals surface area contributed by atoms with Gasteiger partial charge in [0.25, 0.3) is 0 Å². The fraction of sp³-hybridized carbons (Fsp3) is 0.909. The molecule has 0 aromatic rings. The first-order valence-electron chi connectivity index (χ1n) is 5.01. The van der Waals surface area contributed by atoms with Crippen molar-refractivity contribution < 1.29 is 0 Å².